The van der Waals surface area contributed by atoms with Gasteiger partial charge in [0.05, 0.1) is 17.0 Å². The number of anilines is 1. The van der Waals surface area contributed by atoms with Gasteiger partial charge in [-0.15, -0.1) is 11.8 Å². The Morgan fingerprint density at radius 3 is 2.46 bits per heavy atom. The number of rotatable bonds is 5. The van der Waals surface area contributed by atoms with Crippen LogP contribution in [0.4, 0.5) is 14.5 Å². The fraction of sp³-hybridized carbons (Fsp3) is 0.176. The molecule has 0 aromatic heterocycles. The van der Waals surface area contributed by atoms with Crippen molar-refractivity contribution in [3.05, 3.63) is 59.7 Å². The number of carbonyl (C=O) groups is 2. The number of carbonyl (C=O) groups excluding carboxylic acids is 2. The van der Waals surface area contributed by atoms with Crippen molar-refractivity contribution < 1.29 is 18.4 Å². The van der Waals surface area contributed by atoms with Gasteiger partial charge in [0.1, 0.15) is 0 Å². The van der Waals surface area contributed by atoms with Crippen molar-refractivity contribution in [2.45, 2.75) is 4.90 Å². The first-order valence-electron chi connectivity index (χ1n) is 7.07. The second-order valence-electron chi connectivity index (χ2n) is 5.16. The molecule has 7 heteroatoms. The first-order chi connectivity index (χ1) is 11.4. The third kappa shape index (κ3) is 4.55. The molecule has 0 saturated carbocycles. The van der Waals surface area contributed by atoms with E-state index in [-0.39, 0.29) is 17.6 Å². The largest absolute Gasteiger partial charge is 0.345 e. The maximum absolute atomic E-state index is 13.1. The number of amides is 2. The van der Waals surface area contributed by atoms with E-state index in [1.54, 1.807) is 38.4 Å². The molecule has 0 saturated heterocycles. The topological polar surface area (TPSA) is 49.4 Å². The Labute approximate surface area is 142 Å². The van der Waals surface area contributed by atoms with Crippen LogP contribution in [0, 0.1) is 11.6 Å². The highest BCUT2D eigenvalue weighted by atomic mass is 32.2. The molecule has 0 aliphatic heterocycles. The molecule has 1 N–H and O–H groups in total. The second kappa shape index (κ2) is 7.92. The summed E-state index contributed by atoms with van der Waals surface area (Å²) in [4.78, 5) is 26.0. The molecule has 0 heterocycles. The molecule has 0 aliphatic rings. The summed E-state index contributed by atoms with van der Waals surface area (Å²) in [7, 11) is 3.25. The molecule has 0 radical (unpaired) electrons. The molecule has 0 aliphatic carbocycles. The third-order valence-electron chi connectivity index (χ3n) is 3.10. The minimum absolute atomic E-state index is 0.00949. The van der Waals surface area contributed by atoms with Crippen LogP contribution in [0.15, 0.2) is 47.4 Å². The van der Waals surface area contributed by atoms with Gasteiger partial charge in [-0.25, -0.2) is 8.78 Å². The number of thioether (sulfide) groups is 1. The van der Waals surface area contributed by atoms with Gasteiger partial charge in [0, 0.05) is 19.0 Å². The molecular weight excluding hydrogens is 334 g/mol. The van der Waals surface area contributed by atoms with E-state index < -0.39 is 11.6 Å². The fourth-order valence-electron chi connectivity index (χ4n) is 1.92. The highest BCUT2D eigenvalue weighted by Gasteiger charge is 2.14. The highest BCUT2D eigenvalue weighted by Crippen LogP contribution is 2.21. The van der Waals surface area contributed by atoms with Crippen LogP contribution in [-0.4, -0.2) is 36.6 Å². The van der Waals surface area contributed by atoms with Gasteiger partial charge in [-0.2, -0.15) is 0 Å². The number of halogens is 2. The lowest BCUT2D eigenvalue weighted by Gasteiger charge is -2.14. The molecule has 0 atom stereocenters. The minimum atomic E-state index is -0.956. The average Bonchev–Trinajstić information content (AvgIpc) is 2.55. The highest BCUT2D eigenvalue weighted by molar-refractivity contribution is 8.00. The van der Waals surface area contributed by atoms with Crippen LogP contribution in [0.5, 0.6) is 0 Å². The summed E-state index contributed by atoms with van der Waals surface area (Å²) < 4.78 is 26.0. The summed E-state index contributed by atoms with van der Waals surface area (Å²) >= 11 is 1.08. The van der Waals surface area contributed by atoms with E-state index in [4.69, 9.17) is 0 Å². The minimum Gasteiger partial charge on any atom is -0.345 e. The first kappa shape index (κ1) is 17.9. The summed E-state index contributed by atoms with van der Waals surface area (Å²) in [5.41, 5.74) is 0.792. The van der Waals surface area contributed by atoms with Crippen molar-refractivity contribution >= 4 is 29.3 Å². The molecule has 2 aromatic carbocycles. The summed E-state index contributed by atoms with van der Waals surface area (Å²) in [6.45, 7) is 0. The Kier molecular flexibility index (Phi) is 5.92. The number of nitrogens with one attached hydrogen (secondary N) is 1. The summed E-state index contributed by atoms with van der Waals surface area (Å²) in [5.74, 6) is -2.44. The van der Waals surface area contributed by atoms with E-state index in [2.05, 4.69) is 5.32 Å². The van der Waals surface area contributed by atoms with Crippen molar-refractivity contribution in [2.75, 3.05) is 25.2 Å². The van der Waals surface area contributed by atoms with E-state index in [1.807, 2.05) is 0 Å². The standard InChI is InChI=1S/C17H16F2N2O2S/c1-21(2)17(23)12-5-3-4-6-15(12)20-16(22)10-24-11-7-8-13(18)14(19)9-11/h3-9H,10H2,1-2H3,(H,20,22). The second-order valence-corrected chi connectivity index (χ2v) is 6.21. The SMILES string of the molecule is CN(C)C(=O)c1ccccc1NC(=O)CSc1ccc(F)c(F)c1. The van der Waals surface area contributed by atoms with Gasteiger partial charge >= 0.3 is 0 Å². The Bertz CT molecular complexity index is 766. The molecule has 24 heavy (non-hydrogen) atoms. The van der Waals surface area contributed by atoms with Gasteiger partial charge in [-0.1, -0.05) is 12.1 Å². The quantitative estimate of drug-likeness (QED) is 0.841. The Hall–Kier alpha value is -2.41. The van der Waals surface area contributed by atoms with E-state index in [0.717, 1.165) is 23.9 Å². The Morgan fingerprint density at radius 2 is 1.79 bits per heavy atom. The normalized spacial score (nSPS) is 10.3. The monoisotopic (exact) mass is 350 g/mol. The Morgan fingerprint density at radius 1 is 1.08 bits per heavy atom. The van der Waals surface area contributed by atoms with Crippen LogP contribution in [0.2, 0.25) is 0 Å². The van der Waals surface area contributed by atoms with Crippen LogP contribution in [0.25, 0.3) is 0 Å². The van der Waals surface area contributed by atoms with Crippen molar-refractivity contribution in [3.63, 3.8) is 0 Å². The molecule has 2 aromatic rings. The van der Waals surface area contributed by atoms with E-state index in [0.29, 0.717) is 16.1 Å². The van der Waals surface area contributed by atoms with E-state index in [1.165, 1.54) is 11.0 Å². The predicted molar refractivity (Wildman–Crippen MR) is 90.2 cm³/mol. The average molecular weight is 350 g/mol. The van der Waals surface area contributed by atoms with E-state index >= 15 is 0 Å². The van der Waals surface area contributed by atoms with Gasteiger partial charge in [-0.05, 0) is 30.3 Å². The fourth-order valence-corrected chi connectivity index (χ4v) is 2.64. The van der Waals surface area contributed by atoms with Crippen molar-refractivity contribution in [1.29, 1.82) is 0 Å². The molecule has 2 rings (SSSR count). The lowest BCUT2D eigenvalue weighted by Crippen LogP contribution is -2.24. The van der Waals surface area contributed by atoms with Gasteiger partial charge < -0.3 is 10.2 Å². The van der Waals surface area contributed by atoms with Crippen LogP contribution < -0.4 is 5.32 Å². The van der Waals surface area contributed by atoms with Crippen LogP contribution in [0.3, 0.4) is 0 Å². The maximum Gasteiger partial charge on any atom is 0.255 e. The molecule has 4 nitrogen and oxygen atoms in total. The molecule has 0 bridgehead atoms. The van der Waals surface area contributed by atoms with Gasteiger partial charge in [-0.3, -0.25) is 9.59 Å². The summed E-state index contributed by atoms with van der Waals surface area (Å²) in [5, 5.41) is 2.67. The maximum atomic E-state index is 13.1. The van der Waals surface area contributed by atoms with Crippen LogP contribution >= 0.6 is 11.8 Å². The lowest BCUT2D eigenvalue weighted by molar-refractivity contribution is -0.113. The zero-order chi connectivity index (χ0) is 17.7. The smallest absolute Gasteiger partial charge is 0.255 e. The molecule has 0 spiro atoms. The van der Waals surface area contributed by atoms with Crippen molar-refractivity contribution in [3.8, 4) is 0 Å². The Balaban J connectivity index is 2.02. The van der Waals surface area contributed by atoms with Gasteiger partial charge in [0.15, 0.2) is 11.6 Å². The predicted octanol–water partition coefficient (Wildman–Crippen LogP) is 3.40. The van der Waals surface area contributed by atoms with Gasteiger partial charge in [0.25, 0.3) is 5.91 Å². The van der Waals surface area contributed by atoms with E-state index in [9.17, 15) is 18.4 Å². The summed E-state index contributed by atoms with van der Waals surface area (Å²) in [6, 6.07) is 10.1. The molecule has 2 amide bonds. The third-order valence-corrected chi connectivity index (χ3v) is 4.09. The van der Waals surface area contributed by atoms with Crippen LogP contribution in [0.1, 0.15) is 10.4 Å². The number of hydrogen-bond acceptors (Lipinski definition) is 3. The molecule has 0 fully saturated rings. The van der Waals surface area contributed by atoms with Crippen molar-refractivity contribution in [1.82, 2.24) is 4.90 Å². The number of para-hydroxylation sites is 1. The molecular formula is C17H16F2N2O2S. The summed E-state index contributed by atoms with van der Waals surface area (Å²) in [6.07, 6.45) is 0. The lowest BCUT2D eigenvalue weighted by atomic mass is 10.1. The molecule has 126 valence electrons. The zero-order valence-electron chi connectivity index (χ0n) is 13.2. The van der Waals surface area contributed by atoms with Crippen LogP contribution in [-0.2, 0) is 4.79 Å². The first-order valence-corrected chi connectivity index (χ1v) is 8.05. The van der Waals surface area contributed by atoms with Gasteiger partial charge in [0.2, 0.25) is 5.91 Å². The number of benzene rings is 2. The zero-order valence-corrected chi connectivity index (χ0v) is 14.0. The molecule has 0 unspecified atom stereocenters. The number of nitrogens with zero attached hydrogens (tertiary/aromatic N) is 1. The van der Waals surface area contributed by atoms with Crippen molar-refractivity contribution in [2.24, 2.45) is 0 Å². The number of hydrogen-bond donors (Lipinski definition) is 1.